The van der Waals surface area contributed by atoms with E-state index in [1.165, 1.54) is 12.5 Å². The van der Waals surface area contributed by atoms with Crippen molar-refractivity contribution >= 4 is 5.97 Å². The molecule has 2 N–H and O–H groups in total. The Kier molecular flexibility index (Phi) is 4.99. The van der Waals surface area contributed by atoms with Crippen molar-refractivity contribution in [2.45, 2.75) is 58.1 Å². The Morgan fingerprint density at radius 1 is 1.38 bits per heavy atom. The number of hydrogen-bond donors (Lipinski definition) is 1. The molecule has 0 unspecified atom stereocenters. The zero-order valence-electron chi connectivity index (χ0n) is 12.9. The van der Waals surface area contributed by atoms with Crippen LogP contribution in [0.3, 0.4) is 0 Å². The minimum Gasteiger partial charge on any atom is -0.461 e. The maximum absolute atomic E-state index is 13.3. The Morgan fingerprint density at radius 3 is 2.52 bits per heavy atom. The number of carbonyl (C=O) groups excluding carboxylic acids is 1. The molecule has 21 heavy (non-hydrogen) atoms. The molecule has 0 saturated heterocycles. The number of rotatable bonds is 5. The third-order valence-corrected chi connectivity index (χ3v) is 4.43. The fourth-order valence-electron chi connectivity index (χ4n) is 3.07. The number of esters is 1. The van der Waals surface area contributed by atoms with Crippen molar-refractivity contribution in [3.05, 3.63) is 35.1 Å². The van der Waals surface area contributed by atoms with E-state index in [4.69, 9.17) is 10.5 Å². The van der Waals surface area contributed by atoms with Crippen molar-refractivity contribution in [1.29, 1.82) is 0 Å². The van der Waals surface area contributed by atoms with E-state index in [0.717, 1.165) is 24.0 Å². The van der Waals surface area contributed by atoms with Crippen molar-refractivity contribution in [2.75, 3.05) is 0 Å². The van der Waals surface area contributed by atoms with Crippen LogP contribution in [-0.4, -0.2) is 18.1 Å². The first-order chi connectivity index (χ1) is 9.90. The highest BCUT2D eigenvalue weighted by Crippen LogP contribution is 2.43. The van der Waals surface area contributed by atoms with Crippen molar-refractivity contribution < 1.29 is 13.9 Å². The van der Waals surface area contributed by atoms with Gasteiger partial charge in [-0.05, 0) is 62.8 Å². The van der Waals surface area contributed by atoms with Gasteiger partial charge in [0.2, 0.25) is 0 Å². The SMILES string of the molecule is Cc1cc(F)ccc1[C@H](C1CCC1)[C@H](C)OC(=O)[C@H](C)N. The molecule has 0 heterocycles. The van der Waals surface area contributed by atoms with Gasteiger partial charge in [-0.15, -0.1) is 0 Å². The van der Waals surface area contributed by atoms with Crippen LogP contribution < -0.4 is 5.73 Å². The summed E-state index contributed by atoms with van der Waals surface area (Å²) >= 11 is 0. The molecule has 1 aromatic carbocycles. The predicted octanol–water partition coefficient (Wildman–Crippen LogP) is 3.30. The van der Waals surface area contributed by atoms with Crippen molar-refractivity contribution in [1.82, 2.24) is 0 Å². The lowest BCUT2D eigenvalue weighted by atomic mass is 9.70. The molecule has 1 aromatic rings. The summed E-state index contributed by atoms with van der Waals surface area (Å²) in [6.07, 6.45) is 3.20. The molecule has 3 atom stereocenters. The molecule has 116 valence electrons. The Balaban J connectivity index is 2.23. The highest BCUT2D eigenvalue weighted by Gasteiger charge is 2.35. The summed E-state index contributed by atoms with van der Waals surface area (Å²) in [7, 11) is 0. The van der Waals surface area contributed by atoms with Crippen molar-refractivity contribution in [3.63, 3.8) is 0 Å². The number of benzene rings is 1. The summed E-state index contributed by atoms with van der Waals surface area (Å²) in [5.41, 5.74) is 7.56. The first-order valence-corrected chi connectivity index (χ1v) is 7.62. The van der Waals surface area contributed by atoms with Crippen LogP contribution in [-0.2, 0) is 9.53 Å². The Labute approximate surface area is 125 Å². The minimum absolute atomic E-state index is 0.113. The van der Waals surface area contributed by atoms with Crippen LogP contribution in [0.5, 0.6) is 0 Å². The average molecular weight is 293 g/mol. The first kappa shape index (κ1) is 16.0. The number of hydrogen-bond acceptors (Lipinski definition) is 3. The van der Waals surface area contributed by atoms with Crippen molar-refractivity contribution in [3.8, 4) is 0 Å². The molecule has 1 fully saturated rings. The van der Waals surface area contributed by atoms with Crippen LogP contribution in [0.15, 0.2) is 18.2 Å². The van der Waals surface area contributed by atoms with E-state index >= 15 is 0 Å². The molecule has 0 aromatic heterocycles. The number of ether oxygens (including phenoxy) is 1. The van der Waals surface area contributed by atoms with E-state index in [0.29, 0.717) is 5.92 Å². The molecular formula is C17H24FNO2. The molecule has 4 heteroatoms. The molecule has 3 nitrogen and oxygen atoms in total. The van der Waals surface area contributed by atoms with Gasteiger partial charge in [-0.25, -0.2) is 4.39 Å². The lowest BCUT2D eigenvalue weighted by Gasteiger charge is -2.38. The van der Waals surface area contributed by atoms with E-state index in [2.05, 4.69) is 0 Å². The number of carbonyl (C=O) groups is 1. The van der Waals surface area contributed by atoms with E-state index in [9.17, 15) is 9.18 Å². The zero-order chi connectivity index (χ0) is 15.6. The van der Waals surface area contributed by atoms with Crippen LogP contribution in [0, 0.1) is 18.7 Å². The summed E-state index contributed by atoms with van der Waals surface area (Å²) in [6.45, 7) is 5.44. The highest BCUT2D eigenvalue weighted by molar-refractivity contribution is 5.75. The molecule has 0 spiro atoms. The minimum atomic E-state index is -0.621. The second-order valence-electron chi connectivity index (χ2n) is 6.15. The van der Waals surface area contributed by atoms with E-state index in [1.807, 2.05) is 19.9 Å². The monoisotopic (exact) mass is 293 g/mol. The second-order valence-corrected chi connectivity index (χ2v) is 6.15. The fraction of sp³-hybridized carbons (Fsp3) is 0.588. The molecule has 0 radical (unpaired) electrons. The fourth-order valence-corrected chi connectivity index (χ4v) is 3.07. The summed E-state index contributed by atoms with van der Waals surface area (Å²) in [5, 5.41) is 0. The van der Waals surface area contributed by atoms with Crippen LogP contribution >= 0.6 is 0 Å². The first-order valence-electron chi connectivity index (χ1n) is 7.62. The zero-order valence-corrected chi connectivity index (χ0v) is 12.9. The predicted molar refractivity (Wildman–Crippen MR) is 80.4 cm³/mol. The van der Waals surface area contributed by atoms with Crippen LogP contribution in [0.25, 0.3) is 0 Å². The molecule has 0 bridgehead atoms. The average Bonchev–Trinajstić information content (AvgIpc) is 2.34. The number of aryl methyl sites for hydroxylation is 1. The van der Waals surface area contributed by atoms with Gasteiger partial charge in [0.1, 0.15) is 18.0 Å². The molecule has 0 aliphatic heterocycles. The van der Waals surface area contributed by atoms with Gasteiger partial charge >= 0.3 is 5.97 Å². The van der Waals surface area contributed by atoms with Crippen LogP contribution in [0.2, 0.25) is 0 Å². The molecule has 1 saturated carbocycles. The summed E-state index contributed by atoms with van der Waals surface area (Å²) in [5.74, 6) is -0.0116. The molecule has 0 amide bonds. The molecular weight excluding hydrogens is 269 g/mol. The van der Waals surface area contributed by atoms with Gasteiger partial charge in [0.25, 0.3) is 0 Å². The van der Waals surface area contributed by atoms with Crippen LogP contribution in [0.1, 0.15) is 50.2 Å². The Morgan fingerprint density at radius 2 is 2.05 bits per heavy atom. The maximum Gasteiger partial charge on any atom is 0.322 e. The summed E-state index contributed by atoms with van der Waals surface area (Å²) in [4.78, 5) is 11.7. The Bertz CT molecular complexity index is 512. The van der Waals surface area contributed by atoms with Gasteiger partial charge in [-0.1, -0.05) is 12.5 Å². The standard InChI is InChI=1S/C17H24FNO2/c1-10-9-14(18)7-8-15(10)16(13-5-4-6-13)12(3)21-17(20)11(2)19/h7-9,11-13,16H,4-6,19H2,1-3H3/t11-,12-,16-/m0/s1. The summed E-state index contributed by atoms with van der Waals surface area (Å²) in [6, 6.07) is 4.22. The van der Waals surface area contributed by atoms with Gasteiger partial charge in [0.05, 0.1) is 0 Å². The van der Waals surface area contributed by atoms with E-state index < -0.39 is 6.04 Å². The normalized spacial score (nSPS) is 19.5. The lowest BCUT2D eigenvalue weighted by Crippen LogP contribution is -2.37. The molecule has 2 rings (SSSR count). The van der Waals surface area contributed by atoms with Gasteiger partial charge in [0, 0.05) is 5.92 Å². The van der Waals surface area contributed by atoms with Gasteiger partial charge in [-0.3, -0.25) is 4.79 Å². The third kappa shape index (κ3) is 3.62. The Hall–Kier alpha value is -1.42. The number of nitrogens with two attached hydrogens (primary N) is 1. The number of halogens is 1. The smallest absolute Gasteiger partial charge is 0.322 e. The van der Waals surface area contributed by atoms with E-state index in [1.54, 1.807) is 13.0 Å². The quantitative estimate of drug-likeness (QED) is 0.847. The van der Waals surface area contributed by atoms with E-state index in [-0.39, 0.29) is 23.8 Å². The van der Waals surface area contributed by atoms with Gasteiger partial charge in [-0.2, -0.15) is 0 Å². The molecule has 1 aliphatic carbocycles. The van der Waals surface area contributed by atoms with Crippen molar-refractivity contribution in [2.24, 2.45) is 11.7 Å². The van der Waals surface area contributed by atoms with Gasteiger partial charge in [0.15, 0.2) is 0 Å². The summed E-state index contributed by atoms with van der Waals surface area (Å²) < 4.78 is 18.8. The lowest BCUT2D eigenvalue weighted by molar-refractivity contribution is -0.151. The topological polar surface area (TPSA) is 52.3 Å². The molecule has 1 aliphatic rings. The van der Waals surface area contributed by atoms with Crippen LogP contribution in [0.4, 0.5) is 4.39 Å². The van der Waals surface area contributed by atoms with Gasteiger partial charge < -0.3 is 10.5 Å². The second kappa shape index (κ2) is 6.56. The highest BCUT2D eigenvalue weighted by atomic mass is 19.1. The third-order valence-electron chi connectivity index (χ3n) is 4.43. The largest absolute Gasteiger partial charge is 0.461 e. The maximum atomic E-state index is 13.3.